The van der Waals surface area contributed by atoms with Crippen LogP contribution >= 0.6 is 11.6 Å². The first-order chi connectivity index (χ1) is 9.79. The second-order valence-electron chi connectivity index (χ2n) is 4.48. The quantitative estimate of drug-likeness (QED) is 0.765. The molecule has 106 valence electrons. The molecule has 0 amide bonds. The topological polar surface area (TPSA) is 47.3 Å². The van der Waals surface area contributed by atoms with Gasteiger partial charge in [-0.05, 0) is 31.2 Å². The van der Waals surface area contributed by atoms with Crippen LogP contribution in [0, 0.1) is 0 Å². The average molecular weight is 291 g/mol. The van der Waals surface area contributed by atoms with Gasteiger partial charge in [0.2, 0.25) is 0 Å². The standard InChI is InChI=1S/C16H19ClN2O/c17-16-8-2-1-5-13(16)12-20-15-7-3-6-14(11-15)19-10-4-9-18/h1-3,5-8,11,19H,4,9-10,12,18H2. The minimum Gasteiger partial charge on any atom is -0.489 e. The molecule has 0 saturated carbocycles. The summed E-state index contributed by atoms with van der Waals surface area (Å²) in [5, 5.41) is 4.04. The Bertz CT molecular complexity index is 546. The van der Waals surface area contributed by atoms with Gasteiger partial charge in [0.15, 0.2) is 0 Å². The van der Waals surface area contributed by atoms with E-state index >= 15 is 0 Å². The molecule has 0 fully saturated rings. The number of nitrogens with two attached hydrogens (primary N) is 1. The molecule has 2 aromatic carbocycles. The molecule has 0 aliphatic carbocycles. The van der Waals surface area contributed by atoms with Crippen molar-refractivity contribution in [2.75, 3.05) is 18.4 Å². The number of anilines is 1. The summed E-state index contributed by atoms with van der Waals surface area (Å²) in [4.78, 5) is 0. The summed E-state index contributed by atoms with van der Waals surface area (Å²) in [6.07, 6.45) is 0.949. The molecular weight excluding hydrogens is 272 g/mol. The number of nitrogens with one attached hydrogen (secondary N) is 1. The summed E-state index contributed by atoms with van der Waals surface area (Å²) in [7, 11) is 0. The van der Waals surface area contributed by atoms with Crippen LogP contribution in [0.1, 0.15) is 12.0 Å². The van der Waals surface area contributed by atoms with Crippen molar-refractivity contribution in [2.24, 2.45) is 5.73 Å². The van der Waals surface area contributed by atoms with E-state index in [2.05, 4.69) is 5.32 Å². The van der Waals surface area contributed by atoms with E-state index in [0.717, 1.165) is 35.0 Å². The van der Waals surface area contributed by atoms with Crippen LogP contribution in [-0.2, 0) is 6.61 Å². The van der Waals surface area contributed by atoms with Crippen LogP contribution in [0.3, 0.4) is 0 Å². The van der Waals surface area contributed by atoms with Gasteiger partial charge in [-0.25, -0.2) is 0 Å². The second kappa shape index (κ2) is 7.78. The van der Waals surface area contributed by atoms with Crippen LogP contribution in [0.5, 0.6) is 5.75 Å². The molecule has 0 radical (unpaired) electrons. The second-order valence-corrected chi connectivity index (χ2v) is 4.88. The molecule has 4 heteroatoms. The number of benzene rings is 2. The van der Waals surface area contributed by atoms with Crippen molar-refractivity contribution in [3.05, 3.63) is 59.1 Å². The molecule has 0 heterocycles. The zero-order valence-electron chi connectivity index (χ0n) is 11.3. The fourth-order valence-electron chi connectivity index (χ4n) is 1.81. The van der Waals surface area contributed by atoms with E-state index in [1.807, 2.05) is 48.5 Å². The van der Waals surface area contributed by atoms with Gasteiger partial charge < -0.3 is 15.8 Å². The number of hydrogen-bond acceptors (Lipinski definition) is 3. The predicted molar refractivity (Wildman–Crippen MR) is 84.4 cm³/mol. The van der Waals surface area contributed by atoms with Crippen LogP contribution in [0.4, 0.5) is 5.69 Å². The van der Waals surface area contributed by atoms with Crippen LogP contribution < -0.4 is 15.8 Å². The van der Waals surface area contributed by atoms with Gasteiger partial charge in [0.05, 0.1) is 0 Å². The highest BCUT2D eigenvalue weighted by Gasteiger charge is 2.01. The summed E-state index contributed by atoms with van der Waals surface area (Å²) in [5.74, 6) is 0.822. The molecule has 0 atom stereocenters. The monoisotopic (exact) mass is 290 g/mol. The number of hydrogen-bond donors (Lipinski definition) is 2. The fraction of sp³-hybridized carbons (Fsp3) is 0.250. The number of ether oxygens (including phenoxy) is 1. The minimum absolute atomic E-state index is 0.464. The molecule has 2 rings (SSSR count). The van der Waals surface area contributed by atoms with Gasteiger partial charge in [0, 0.05) is 28.9 Å². The van der Waals surface area contributed by atoms with Gasteiger partial charge in [-0.3, -0.25) is 0 Å². The average Bonchev–Trinajstić information content (AvgIpc) is 2.47. The van der Waals surface area contributed by atoms with Crippen molar-refractivity contribution in [2.45, 2.75) is 13.0 Å². The van der Waals surface area contributed by atoms with E-state index in [0.29, 0.717) is 13.2 Å². The van der Waals surface area contributed by atoms with E-state index in [-0.39, 0.29) is 0 Å². The van der Waals surface area contributed by atoms with Crippen LogP contribution in [0.15, 0.2) is 48.5 Å². The molecule has 0 aliphatic heterocycles. The lowest BCUT2D eigenvalue weighted by Crippen LogP contribution is -2.08. The highest BCUT2D eigenvalue weighted by Crippen LogP contribution is 2.21. The first-order valence-electron chi connectivity index (χ1n) is 6.70. The third-order valence-electron chi connectivity index (χ3n) is 2.90. The van der Waals surface area contributed by atoms with Gasteiger partial charge in [-0.15, -0.1) is 0 Å². The van der Waals surface area contributed by atoms with Crippen LogP contribution in [0.2, 0.25) is 5.02 Å². The third-order valence-corrected chi connectivity index (χ3v) is 3.26. The van der Waals surface area contributed by atoms with Crippen molar-refractivity contribution in [3.8, 4) is 5.75 Å². The SMILES string of the molecule is NCCCNc1cccc(OCc2ccccc2Cl)c1. The summed E-state index contributed by atoms with van der Waals surface area (Å²) in [6.45, 7) is 2.02. The number of halogens is 1. The van der Waals surface area contributed by atoms with E-state index in [1.54, 1.807) is 0 Å². The lowest BCUT2D eigenvalue weighted by Gasteiger charge is -2.10. The molecule has 3 nitrogen and oxygen atoms in total. The maximum Gasteiger partial charge on any atom is 0.121 e. The van der Waals surface area contributed by atoms with Gasteiger partial charge >= 0.3 is 0 Å². The van der Waals surface area contributed by atoms with Crippen molar-refractivity contribution in [1.82, 2.24) is 0 Å². The largest absolute Gasteiger partial charge is 0.489 e. The van der Waals surface area contributed by atoms with E-state index in [4.69, 9.17) is 22.1 Å². The maximum atomic E-state index is 6.10. The van der Waals surface area contributed by atoms with Crippen molar-refractivity contribution in [3.63, 3.8) is 0 Å². The van der Waals surface area contributed by atoms with E-state index in [1.165, 1.54) is 0 Å². The highest BCUT2D eigenvalue weighted by molar-refractivity contribution is 6.31. The third kappa shape index (κ3) is 4.44. The fourth-order valence-corrected chi connectivity index (χ4v) is 2.00. The molecule has 0 aliphatic rings. The number of rotatable bonds is 7. The Morgan fingerprint density at radius 3 is 2.75 bits per heavy atom. The zero-order valence-corrected chi connectivity index (χ0v) is 12.1. The van der Waals surface area contributed by atoms with Gasteiger partial charge in [0.25, 0.3) is 0 Å². The smallest absolute Gasteiger partial charge is 0.121 e. The molecule has 20 heavy (non-hydrogen) atoms. The molecule has 0 bridgehead atoms. The van der Waals surface area contributed by atoms with Crippen molar-refractivity contribution >= 4 is 17.3 Å². The Balaban J connectivity index is 1.93. The van der Waals surface area contributed by atoms with Crippen molar-refractivity contribution in [1.29, 1.82) is 0 Å². The lowest BCUT2D eigenvalue weighted by molar-refractivity contribution is 0.306. The first-order valence-corrected chi connectivity index (χ1v) is 7.07. The van der Waals surface area contributed by atoms with Gasteiger partial charge in [0.1, 0.15) is 12.4 Å². The summed E-state index contributed by atoms with van der Waals surface area (Å²) < 4.78 is 5.77. The van der Waals surface area contributed by atoms with Gasteiger partial charge in [-0.1, -0.05) is 35.9 Å². The first kappa shape index (κ1) is 14.7. The Morgan fingerprint density at radius 2 is 1.95 bits per heavy atom. The Morgan fingerprint density at radius 1 is 1.10 bits per heavy atom. The Kier molecular flexibility index (Phi) is 5.71. The molecule has 2 aromatic rings. The maximum absolute atomic E-state index is 6.10. The molecule has 0 spiro atoms. The van der Waals surface area contributed by atoms with Crippen LogP contribution in [0.25, 0.3) is 0 Å². The van der Waals surface area contributed by atoms with Crippen molar-refractivity contribution < 1.29 is 4.74 Å². The Labute approximate surface area is 124 Å². The zero-order chi connectivity index (χ0) is 14.2. The molecule has 0 unspecified atom stereocenters. The van der Waals surface area contributed by atoms with Gasteiger partial charge in [-0.2, -0.15) is 0 Å². The minimum atomic E-state index is 0.464. The molecule has 3 N–H and O–H groups in total. The lowest BCUT2D eigenvalue weighted by atomic mass is 10.2. The Hall–Kier alpha value is -1.71. The molecule has 0 aromatic heterocycles. The molecule has 0 saturated heterocycles. The van der Waals surface area contributed by atoms with E-state index in [9.17, 15) is 0 Å². The normalized spacial score (nSPS) is 10.3. The highest BCUT2D eigenvalue weighted by atomic mass is 35.5. The summed E-state index contributed by atoms with van der Waals surface area (Å²) >= 11 is 6.10. The summed E-state index contributed by atoms with van der Waals surface area (Å²) in [6, 6.07) is 15.6. The molecular formula is C16H19ClN2O. The van der Waals surface area contributed by atoms with E-state index < -0.39 is 0 Å². The predicted octanol–water partition coefficient (Wildman–Crippen LogP) is 3.68. The van der Waals surface area contributed by atoms with Crippen LogP contribution in [-0.4, -0.2) is 13.1 Å². The summed E-state index contributed by atoms with van der Waals surface area (Å²) in [5.41, 5.74) is 7.49.